The van der Waals surface area contributed by atoms with Gasteiger partial charge in [-0.05, 0) is 36.8 Å². The second-order valence-electron chi connectivity index (χ2n) is 9.32. The van der Waals surface area contributed by atoms with E-state index in [9.17, 15) is 24.0 Å². The van der Waals surface area contributed by atoms with Crippen LogP contribution in [0.25, 0.3) is 0 Å². The first-order valence-corrected chi connectivity index (χ1v) is 12.9. The molecule has 0 spiro atoms. The molecule has 0 bridgehead atoms. The van der Waals surface area contributed by atoms with Crippen molar-refractivity contribution in [2.24, 2.45) is 0 Å². The van der Waals surface area contributed by atoms with E-state index in [1.807, 2.05) is 37.3 Å². The summed E-state index contributed by atoms with van der Waals surface area (Å²) in [7, 11) is 0. The van der Waals surface area contributed by atoms with Crippen molar-refractivity contribution in [3.05, 3.63) is 65.7 Å². The summed E-state index contributed by atoms with van der Waals surface area (Å²) in [5.41, 5.74) is 1.31. The van der Waals surface area contributed by atoms with Crippen LogP contribution in [0.15, 0.2) is 54.6 Å². The molecule has 1 fully saturated rings. The van der Waals surface area contributed by atoms with Crippen LogP contribution in [0.2, 0.25) is 0 Å². The zero-order valence-electron chi connectivity index (χ0n) is 23.4. The van der Waals surface area contributed by atoms with E-state index in [0.717, 1.165) is 26.3 Å². The van der Waals surface area contributed by atoms with E-state index in [1.165, 1.54) is 31.2 Å². The van der Waals surface area contributed by atoms with Crippen molar-refractivity contribution < 1.29 is 52.4 Å². The molecule has 0 radical (unpaired) electrons. The summed E-state index contributed by atoms with van der Waals surface area (Å²) in [6.07, 6.45) is -6.55. The fourth-order valence-electron chi connectivity index (χ4n) is 4.21. The summed E-state index contributed by atoms with van der Waals surface area (Å²) in [4.78, 5) is 60.1. The molecule has 220 valence electrons. The normalized spacial score (nSPS) is 22.4. The number of hydrogen-bond acceptors (Lipinski definition) is 11. The highest BCUT2D eigenvalue weighted by Crippen LogP contribution is 2.31. The Labute approximate surface area is 237 Å². The van der Waals surface area contributed by atoms with Crippen LogP contribution < -0.4 is 10.1 Å². The number of amides is 1. The quantitative estimate of drug-likeness (QED) is 0.331. The Morgan fingerprint density at radius 1 is 0.756 bits per heavy atom. The summed E-state index contributed by atoms with van der Waals surface area (Å²) < 4.78 is 33.1. The van der Waals surface area contributed by atoms with Crippen molar-refractivity contribution in [2.45, 2.75) is 71.4 Å². The summed E-state index contributed by atoms with van der Waals surface area (Å²) in [5.74, 6) is -2.95. The number of hydrogen-bond donors (Lipinski definition) is 1. The Morgan fingerprint density at radius 2 is 1.32 bits per heavy atom. The molecule has 12 heteroatoms. The highest BCUT2D eigenvalue weighted by molar-refractivity contribution is 5.94. The van der Waals surface area contributed by atoms with Crippen LogP contribution in [0.4, 0.5) is 0 Å². The fraction of sp³-hybridized carbons (Fsp3) is 0.414. The first kappa shape index (κ1) is 31.1. The van der Waals surface area contributed by atoms with Crippen molar-refractivity contribution in [1.82, 2.24) is 5.32 Å². The van der Waals surface area contributed by atoms with E-state index in [0.29, 0.717) is 5.56 Å². The van der Waals surface area contributed by atoms with E-state index in [1.54, 1.807) is 0 Å². The summed E-state index contributed by atoms with van der Waals surface area (Å²) in [6, 6.07) is 15.4. The number of rotatable bonds is 10. The first-order valence-electron chi connectivity index (χ1n) is 12.9. The molecular formula is C29H33NO11. The molecule has 2 aromatic rings. The monoisotopic (exact) mass is 571 g/mol. The number of carbonyl (C=O) groups excluding carboxylic acids is 5. The lowest BCUT2D eigenvalue weighted by Gasteiger charge is -2.43. The predicted molar refractivity (Wildman–Crippen MR) is 141 cm³/mol. The molecule has 0 aliphatic carbocycles. The maximum Gasteiger partial charge on any atom is 0.303 e. The highest BCUT2D eigenvalue weighted by atomic mass is 16.7. The largest absolute Gasteiger partial charge is 0.463 e. The Morgan fingerprint density at radius 3 is 1.88 bits per heavy atom. The molecule has 5 unspecified atom stereocenters. The Bertz CT molecular complexity index is 1230. The lowest BCUT2D eigenvalue weighted by Crippen LogP contribution is -2.63. The molecule has 6 atom stereocenters. The van der Waals surface area contributed by atoms with E-state index >= 15 is 0 Å². The molecule has 1 saturated heterocycles. The fourth-order valence-corrected chi connectivity index (χ4v) is 4.21. The summed E-state index contributed by atoms with van der Waals surface area (Å²) in [6.45, 7) is 6.07. The molecule has 0 aromatic heterocycles. The van der Waals surface area contributed by atoms with Crippen LogP contribution in [0.5, 0.6) is 5.75 Å². The smallest absolute Gasteiger partial charge is 0.303 e. The van der Waals surface area contributed by atoms with Gasteiger partial charge in [-0.15, -0.1) is 0 Å². The van der Waals surface area contributed by atoms with Crippen molar-refractivity contribution in [2.75, 3.05) is 6.61 Å². The molecule has 1 aliphatic heterocycles. The van der Waals surface area contributed by atoms with E-state index in [4.69, 9.17) is 28.4 Å². The number of benzene rings is 2. The lowest BCUT2D eigenvalue weighted by atomic mass is 9.98. The maximum atomic E-state index is 12.8. The molecule has 1 heterocycles. The molecule has 2 aromatic carbocycles. The van der Waals surface area contributed by atoms with Crippen LogP contribution >= 0.6 is 0 Å². The zero-order valence-corrected chi connectivity index (χ0v) is 23.4. The first-order chi connectivity index (χ1) is 19.4. The van der Waals surface area contributed by atoms with Gasteiger partial charge >= 0.3 is 23.9 Å². The Kier molecular flexibility index (Phi) is 10.8. The second kappa shape index (κ2) is 14.3. The van der Waals surface area contributed by atoms with E-state index in [2.05, 4.69) is 5.32 Å². The zero-order chi connectivity index (χ0) is 30.1. The predicted octanol–water partition coefficient (Wildman–Crippen LogP) is 2.64. The SMILES string of the molecule is CC(=O)OCC1OC(Oc2ccc(C(=O)N[C@H](C)c3ccccc3)cc2)C(OC(C)=O)C(OC(C)=O)C1OC(C)=O. The van der Waals surface area contributed by atoms with E-state index in [-0.39, 0.29) is 24.3 Å². The van der Waals surface area contributed by atoms with Crippen LogP contribution in [0, 0.1) is 0 Å². The topological polar surface area (TPSA) is 153 Å². The summed E-state index contributed by atoms with van der Waals surface area (Å²) in [5, 5.41) is 2.92. The molecule has 1 amide bonds. The third-order valence-corrected chi connectivity index (χ3v) is 5.96. The van der Waals surface area contributed by atoms with Crippen LogP contribution in [-0.2, 0) is 42.9 Å². The van der Waals surface area contributed by atoms with Gasteiger partial charge in [0.05, 0.1) is 6.04 Å². The minimum absolute atomic E-state index is 0.221. The van der Waals surface area contributed by atoms with Crippen molar-refractivity contribution in [3.8, 4) is 5.75 Å². The number of esters is 4. The van der Waals surface area contributed by atoms with Gasteiger partial charge in [-0.1, -0.05) is 30.3 Å². The molecule has 41 heavy (non-hydrogen) atoms. The van der Waals surface area contributed by atoms with Gasteiger partial charge in [-0.25, -0.2) is 0 Å². The van der Waals surface area contributed by atoms with Gasteiger partial charge < -0.3 is 33.7 Å². The third-order valence-electron chi connectivity index (χ3n) is 5.96. The molecular weight excluding hydrogens is 538 g/mol. The Balaban J connectivity index is 1.84. The number of nitrogens with one attached hydrogen (secondary N) is 1. The van der Waals surface area contributed by atoms with Gasteiger partial charge in [-0.2, -0.15) is 0 Å². The van der Waals surface area contributed by atoms with Crippen LogP contribution in [-0.4, -0.2) is 67.1 Å². The van der Waals surface area contributed by atoms with Crippen molar-refractivity contribution in [3.63, 3.8) is 0 Å². The van der Waals surface area contributed by atoms with Gasteiger partial charge in [0, 0.05) is 33.3 Å². The molecule has 0 saturated carbocycles. The van der Waals surface area contributed by atoms with Gasteiger partial charge in [0.15, 0.2) is 12.2 Å². The summed E-state index contributed by atoms with van der Waals surface area (Å²) >= 11 is 0. The molecule has 12 nitrogen and oxygen atoms in total. The van der Waals surface area contributed by atoms with Crippen molar-refractivity contribution >= 4 is 29.8 Å². The van der Waals surface area contributed by atoms with Gasteiger partial charge in [0.2, 0.25) is 12.4 Å². The van der Waals surface area contributed by atoms with Gasteiger partial charge in [0.25, 0.3) is 5.91 Å². The van der Waals surface area contributed by atoms with Gasteiger partial charge in [0.1, 0.15) is 18.5 Å². The van der Waals surface area contributed by atoms with Crippen LogP contribution in [0.1, 0.15) is 56.6 Å². The number of carbonyl (C=O) groups is 5. The van der Waals surface area contributed by atoms with E-state index < -0.39 is 54.6 Å². The van der Waals surface area contributed by atoms with Gasteiger partial charge in [-0.3, -0.25) is 24.0 Å². The maximum absolute atomic E-state index is 12.8. The standard InChI is InChI=1S/C29H33NO11/c1-16(21-9-7-6-8-10-21)30-28(35)22-11-13-23(14-12-22)40-29-27(39-20(5)34)26(38-19(4)33)25(37-18(3)32)24(41-29)15-36-17(2)31/h6-14,16,24-27,29H,15H2,1-5H3,(H,30,35)/t16-,24?,25?,26?,27?,29?/m1/s1. The highest BCUT2D eigenvalue weighted by Gasteiger charge is 2.53. The molecule has 1 N–H and O–H groups in total. The Hall–Kier alpha value is -4.45. The second-order valence-corrected chi connectivity index (χ2v) is 9.32. The van der Waals surface area contributed by atoms with Crippen LogP contribution in [0.3, 0.4) is 0 Å². The number of ether oxygens (including phenoxy) is 6. The van der Waals surface area contributed by atoms with Crippen molar-refractivity contribution in [1.29, 1.82) is 0 Å². The minimum Gasteiger partial charge on any atom is -0.463 e. The minimum atomic E-state index is -1.38. The average molecular weight is 572 g/mol. The lowest BCUT2D eigenvalue weighted by molar-refractivity contribution is -0.288. The molecule has 1 aliphatic rings. The molecule has 3 rings (SSSR count). The average Bonchev–Trinajstić information content (AvgIpc) is 2.91. The third kappa shape index (κ3) is 9.04.